The molecule has 19 heavy (non-hydrogen) atoms. The fraction of sp³-hybridized carbons (Fsp3) is 0.429. The summed E-state index contributed by atoms with van der Waals surface area (Å²) in [5, 5.41) is 3.18. The minimum atomic E-state index is -1.13. The molecule has 1 atom stereocenters. The Bertz CT molecular complexity index is 633. The molecule has 2 nitrogen and oxygen atoms in total. The number of aryl methyl sites for hydroxylation is 1. The number of aromatic nitrogens is 1. The van der Waals surface area contributed by atoms with E-state index in [1.54, 1.807) is 7.05 Å². The van der Waals surface area contributed by atoms with Gasteiger partial charge in [0, 0.05) is 28.8 Å². The van der Waals surface area contributed by atoms with Gasteiger partial charge in [0.15, 0.2) is 11.6 Å². The Hall–Kier alpha value is -1.49. The van der Waals surface area contributed by atoms with E-state index >= 15 is 0 Å². The Morgan fingerprint density at radius 3 is 2.74 bits per heavy atom. The van der Waals surface area contributed by atoms with Gasteiger partial charge in [0.2, 0.25) is 0 Å². The lowest BCUT2D eigenvalue weighted by molar-refractivity contribution is 0.501. The van der Waals surface area contributed by atoms with Gasteiger partial charge < -0.3 is 10.3 Å². The molecule has 102 valence electrons. The van der Waals surface area contributed by atoms with E-state index in [4.69, 9.17) is 0 Å². The number of benzene rings is 1. The normalized spacial score (nSPS) is 19.5. The molecule has 0 saturated carbocycles. The summed E-state index contributed by atoms with van der Waals surface area (Å²) < 4.78 is 41.3. The summed E-state index contributed by atoms with van der Waals surface area (Å²) >= 11 is 0. The molecule has 1 aliphatic carbocycles. The highest BCUT2D eigenvalue weighted by molar-refractivity contribution is 5.86. The number of hydrogen-bond acceptors (Lipinski definition) is 1. The van der Waals surface area contributed by atoms with Gasteiger partial charge in [-0.3, -0.25) is 0 Å². The third kappa shape index (κ3) is 1.84. The number of nitrogens with one attached hydrogen (secondary N) is 2. The van der Waals surface area contributed by atoms with Gasteiger partial charge in [-0.1, -0.05) is 6.42 Å². The second kappa shape index (κ2) is 4.56. The third-order valence-electron chi connectivity index (χ3n) is 3.91. The van der Waals surface area contributed by atoms with Gasteiger partial charge in [-0.25, -0.2) is 13.2 Å². The van der Waals surface area contributed by atoms with Crippen molar-refractivity contribution in [3.05, 3.63) is 34.8 Å². The van der Waals surface area contributed by atoms with E-state index < -0.39 is 17.5 Å². The van der Waals surface area contributed by atoms with Crippen LogP contribution in [0.15, 0.2) is 6.07 Å². The number of hydrogen-bond donors (Lipinski definition) is 2. The first-order chi connectivity index (χ1) is 9.13. The van der Waals surface area contributed by atoms with Crippen molar-refractivity contribution in [1.29, 1.82) is 0 Å². The number of aromatic amines is 1. The lowest BCUT2D eigenvalue weighted by Crippen LogP contribution is -2.16. The monoisotopic (exact) mass is 268 g/mol. The van der Waals surface area contributed by atoms with E-state index in [1.165, 1.54) is 0 Å². The van der Waals surface area contributed by atoms with Crippen LogP contribution in [0.2, 0.25) is 0 Å². The lowest BCUT2D eigenvalue weighted by Gasteiger charge is -2.15. The van der Waals surface area contributed by atoms with Crippen LogP contribution in [0.4, 0.5) is 13.2 Å². The number of halogens is 3. The van der Waals surface area contributed by atoms with Crippen molar-refractivity contribution in [2.45, 2.75) is 31.7 Å². The van der Waals surface area contributed by atoms with Gasteiger partial charge in [0.1, 0.15) is 5.82 Å². The Labute approximate surface area is 109 Å². The molecule has 1 aromatic carbocycles. The number of rotatable bonds is 1. The van der Waals surface area contributed by atoms with Crippen LogP contribution < -0.4 is 5.32 Å². The van der Waals surface area contributed by atoms with Crippen molar-refractivity contribution in [3.63, 3.8) is 0 Å². The van der Waals surface area contributed by atoms with Crippen molar-refractivity contribution in [2.75, 3.05) is 7.05 Å². The number of fused-ring (bicyclic) bond motifs is 3. The highest BCUT2D eigenvalue weighted by Crippen LogP contribution is 2.37. The van der Waals surface area contributed by atoms with E-state index in [2.05, 4.69) is 10.3 Å². The minimum Gasteiger partial charge on any atom is -0.356 e. The average molecular weight is 268 g/mol. The maximum Gasteiger partial charge on any atom is 0.168 e. The summed E-state index contributed by atoms with van der Waals surface area (Å²) in [6, 6.07) is 0.531. The van der Waals surface area contributed by atoms with E-state index in [1.807, 2.05) is 0 Å². The molecule has 5 heteroatoms. The van der Waals surface area contributed by atoms with Gasteiger partial charge in [-0.05, 0) is 26.3 Å². The second-order valence-corrected chi connectivity index (χ2v) is 5.01. The van der Waals surface area contributed by atoms with E-state index in [9.17, 15) is 13.2 Å². The second-order valence-electron chi connectivity index (χ2n) is 5.01. The molecule has 1 aromatic heterocycles. The molecule has 0 amide bonds. The zero-order chi connectivity index (χ0) is 13.6. The van der Waals surface area contributed by atoms with Crippen LogP contribution in [-0.2, 0) is 6.42 Å². The molecule has 1 heterocycles. The van der Waals surface area contributed by atoms with Crippen LogP contribution in [0.5, 0.6) is 0 Å². The quantitative estimate of drug-likeness (QED) is 0.600. The first-order valence-corrected chi connectivity index (χ1v) is 6.48. The van der Waals surface area contributed by atoms with Crippen LogP contribution in [0, 0.1) is 17.5 Å². The molecule has 0 aliphatic heterocycles. The molecule has 2 N–H and O–H groups in total. The minimum absolute atomic E-state index is 0.0637. The summed E-state index contributed by atoms with van der Waals surface area (Å²) in [4.78, 5) is 2.94. The Morgan fingerprint density at radius 1 is 1.21 bits per heavy atom. The standard InChI is InChI=1S/C14H15F3N2/c1-18-9-4-2-3-5-10-11(9)12-13(17)7(15)6-8(16)14(12)19-10/h6,9,18-19H,2-5H2,1H3. The van der Waals surface area contributed by atoms with Crippen molar-refractivity contribution < 1.29 is 13.2 Å². The predicted molar refractivity (Wildman–Crippen MR) is 67.5 cm³/mol. The van der Waals surface area contributed by atoms with E-state index in [0.29, 0.717) is 11.6 Å². The Kier molecular flexibility index (Phi) is 3.01. The van der Waals surface area contributed by atoms with Crippen LogP contribution in [0.25, 0.3) is 10.9 Å². The van der Waals surface area contributed by atoms with Crippen molar-refractivity contribution in [3.8, 4) is 0 Å². The summed E-state index contributed by atoms with van der Waals surface area (Å²) in [6.45, 7) is 0. The highest BCUT2D eigenvalue weighted by Gasteiger charge is 2.27. The molecule has 0 radical (unpaired) electrons. The number of H-pyrrole nitrogens is 1. The van der Waals surface area contributed by atoms with Crippen LogP contribution in [-0.4, -0.2) is 12.0 Å². The summed E-state index contributed by atoms with van der Waals surface area (Å²) in [7, 11) is 1.78. The maximum atomic E-state index is 14.1. The average Bonchev–Trinajstić information content (AvgIpc) is 2.65. The molecule has 2 aromatic rings. The molecular weight excluding hydrogens is 253 g/mol. The fourth-order valence-corrected chi connectivity index (χ4v) is 3.00. The molecule has 1 unspecified atom stereocenters. The van der Waals surface area contributed by atoms with Crippen molar-refractivity contribution in [2.24, 2.45) is 0 Å². The molecule has 0 spiro atoms. The van der Waals surface area contributed by atoms with Gasteiger partial charge in [-0.15, -0.1) is 0 Å². The summed E-state index contributed by atoms with van der Waals surface area (Å²) in [5.41, 5.74) is 1.58. The van der Waals surface area contributed by atoms with Gasteiger partial charge in [0.25, 0.3) is 0 Å². The molecule has 0 bridgehead atoms. The molecular formula is C14H15F3N2. The van der Waals surface area contributed by atoms with Crippen LogP contribution >= 0.6 is 0 Å². The van der Waals surface area contributed by atoms with Gasteiger partial charge >= 0.3 is 0 Å². The summed E-state index contributed by atoms with van der Waals surface area (Å²) in [6.07, 6.45) is 3.55. The van der Waals surface area contributed by atoms with Crippen LogP contribution in [0.3, 0.4) is 0 Å². The van der Waals surface area contributed by atoms with Crippen molar-refractivity contribution >= 4 is 10.9 Å². The zero-order valence-corrected chi connectivity index (χ0v) is 10.6. The predicted octanol–water partition coefficient (Wildman–Crippen LogP) is 3.57. The van der Waals surface area contributed by atoms with Gasteiger partial charge in [0.05, 0.1) is 5.52 Å². The smallest absolute Gasteiger partial charge is 0.168 e. The fourth-order valence-electron chi connectivity index (χ4n) is 3.00. The SMILES string of the molecule is CNC1CCCCc2[nH]c3c(F)cc(F)c(F)c3c21. The van der Waals surface area contributed by atoms with Crippen LogP contribution in [0.1, 0.15) is 36.6 Å². The topological polar surface area (TPSA) is 27.8 Å². The molecule has 3 rings (SSSR count). The zero-order valence-electron chi connectivity index (χ0n) is 10.6. The van der Waals surface area contributed by atoms with Gasteiger partial charge in [-0.2, -0.15) is 0 Å². The van der Waals surface area contributed by atoms with E-state index in [0.717, 1.165) is 31.4 Å². The highest BCUT2D eigenvalue weighted by atomic mass is 19.2. The Morgan fingerprint density at radius 2 is 2.00 bits per heavy atom. The van der Waals surface area contributed by atoms with Crippen molar-refractivity contribution in [1.82, 2.24) is 10.3 Å². The van der Waals surface area contributed by atoms with E-state index in [-0.39, 0.29) is 16.9 Å². The molecule has 0 saturated heterocycles. The third-order valence-corrected chi connectivity index (χ3v) is 3.91. The Balaban J connectivity index is 2.36. The maximum absolute atomic E-state index is 14.1. The first-order valence-electron chi connectivity index (χ1n) is 6.48. The first kappa shape index (κ1) is 12.5. The molecule has 0 fully saturated rings. The molecule has 1 aliphatic rings. The lowest BCUT2D eigenvalue weighted by atomic mass is 10.0. The summed E-state index contributed by atoms with van der Waals surface area (Å²) in [5.74, 6) is -2.83. The largest absolute Gasteiger partial charge is 0.356 e.